The molecule has 0 aromatic heterocycles. The third-order valence-electron chi connectivity index (χ3n) is 2.53. The quantitative estimate of drug-likeness (QED) is 0.846. The van der Waals surface area contributed by atoms with Gasteiger partial charge in [0.05, 0.1) is 0 Å². The molecule has 1 aromatic rings. The zero-order valence-electron chi connectivity index (χ0n) is 11.3. The number of nitrogens with one attached hydrogen (secondary N) is 1. The number of amides is 1. The van der Waals surface area contributed by atoms with Crippen LogP contribution >= 0.6 is 11.6 Å². The van der Waals surface area contributed by atoms with Crippen LogP contribution < -0.4 is 5.32 Å². The SMILES string of the molecule is CC/C=C(/C)C(=O)Nc1ccc(Cl)c(C[S@@](C)=O)c1. The Morgan fingerprint density at radius 3 is 2.74 bits per heavy atom. The summed E-state index contributed by atoms with van der Waals surface area (Å²) >= 11 is 6.03. The van der Waals surface area contributed by atoms with Crippen LogP contribution in [0.15, 0.2) is 29.8 Å². The molecule has 0 saturated carbocycles. The molecule has 104 valence electrons. The van der Waals surface area contributed by atoms with E-state index in [2.05, 4.69) is 5.32 Å². The molecular formula is C14H18ClNO2S. The number of carbonyl (C=O) groups excluding carboxylic acids is 1. The van der Waals surface area contributed by atoms with Crippen molar-refractivity contribution in [3.8, 4) is 0 Å². The number of allylic oxidation sites excluding steroid dienone is 1. The molecule has 3 nitrogen and oxygen atoms in total. The Balaban J connectivity index is 2.88. The minimum Gasteiger partial charge on any atom is -0.322 e. The van der Waals surface area contributed by atoms with E-state index in [1.807, 2.05) is 13.0 Å². The second kappa shape index (κ2) is 7.46. The van der Waals surface area contributed by atoms with E-state index in [0.717, 1.165) is 12.0 Å². The van der Waals surface area contributed by atoms with Crippen LogP contribution in [0.25, 0.3) is 0 Å². The van der Waals surface area contributed by atoms with E-state index in [-0.39, 0.29) is 5.91 Å². The molecule has 1 amide bonds. The van der Waals surface area contributed by atoms with Crippen LogP contribution in [0.4, 0.5) is 5.69 Å². The molecule has 0 aliphatic heterocycles. The van der Waals surface area contributed by atoms with Crippen molar-refractivity contribution in [1.82, 2.24) is 0 Å². The van der Waals surface area contributed by atoms with E-state index in [1.165, 1.54) is 0 Å². The Morgan fingerprint density at radius 2 is 2.16 bits per heavy atom. The van der Waals surface area contributed by atoms with Gasteiger partial charge in [0.25, 0.3) is 5.91 Å². The maximum atomic E-state index is 11.8. The molecular weight excluding hydrogens is 282 g/mol. The highest BCUT2D eigenvalue weighted by atomic mass is 35.5. The van der Waals surface area contributed by atoms with Crippen LogP contribution in [0.1, 0.15) is 25.8 Å². The molecule has 0 spiro atoms. The first-order valence-electron chi connectivity index (χ1n) is 6.00. The summed E-state index contributed by atoms with van der Waals surface area (Å²) in [6, 6.07) is 5.21. The lowest BCUT2D eigenvalue weighted by Crippen LogP contribution is -2.12. The lowest BCUT2D eigenvalue weighted by molar-refractivity contribution is -0.112. The number of hydrogen-bond donors (Lipinski definition) is 1. The maximum absolute atomic E-state index is 11.8. The Hall–Kier alpha value is -1.13. The molecule has 0 bridgehead atoms. The van der Waals surface area contributed by atoms with E-state index in [1.54, 1.807) is 31.4 Å². The maximum Gasteiger partial charge on any atom is 0.250 e. The van der Waals surface area contributed by atoms with Gasteiger partial charge < -0.3 is 5.32 Å². The van der Waals surface area contributed by atoms with Gasteiger partial charge in [-0.2, -0.15) is 0 Å². The first kappa shape index (κ1) is 15.9. The fraction of sp³-hybridized carbons (Fsp3) is 0.357. The van der Waals surface area contributed by atoms with E-state index in [0.29, 0.717) is 22.0 Å². The van der Waals surface area contributed by atoms with Gasteiger partial charge >= 0.3 is 0 Å². The third kappa shape index (κ3) is 5.17. The Kier molecular flexibility index (Phi) is 6.25. The molecule has 1 N–H and O–H groups in total. The summed E-state index contributed by atoms with van der Waals surface area (Å²) in [5, 5.41) is 3.37. The number of halogens is 1. The van der Waals surface area contributed by atoms with Gasteiger partial charge in [-0.25, -0.2) is 0 Å². The standard InChI is InChI=1S/C14H18ClNO2S/c1-4-5-10(2)14(17)16-12-6-7-13(15)11(8-12)9-19(3)18/h5-8H,4,9H2,1-3H3,(H,16,17)/b10-5-/t19-/m1/s1. The Morgan fingerprint density at radius 1 is 1.47 bits per heavy atom. The zero-order chi connectivity index (χ0) is 14.4. The van der Waals surface area contributed by atoms with Crippen molar-refractivity contribution in [1.29, 1.82) is 0 Å². The molecule has 0 unspecified atom stereocenters. The first-order valence-corrected chi connectivity index (χ1v) is 8.11. The number of benzene rings is 1. The summed E-state index contributed by atoms with van der Waals surface area (Å²) in [6.45, 7) is 3.75. The lowest BCUT2D eigenvalue weighted by Gasteiger charge is -2.09. The van der Waals surface area contributed by atoms with Crippen molar-refractivity contribution in [2.45, 2.75) is 26.0 Å². The summed E-state index contributed by atoms with van der Waals surface area (Å²) in [4.78, 5) is 11.8. The Bertz CT molecular complexity index is 526. The predicted octanol–water partition coefficient (Wildman–Crippen LogP) is 3.51. The van der Waals surface area contributed by atoms with Crippen molar-refractivity contribution >= 4 is 34.0 Å². The summed E-state index contributed by atoms with van der Waals surface area (Å²) in [5.41, 5.74) is 2.12. The highest BCUT2D eigenvalue weighted by molar-refractivity contribution is 7.83. The summed E-state index contributed by atoms with van der Waals surface area (Å²) in [7, 11) is -0.968. The van der Waals surface area contributed by atoms with E-state index in [4.69, 9.17) is 11.6 Å². The van der Waals surface area contributed by atoms with Gasteiger partial charge in [0.15, 0.2) is 0 Å². The largest absolute Gasteiger partial charge is 0.322 e. The summed E-state index contributed by atoms with van der Waals surface area (Å²) < 4.78 is 11.2. The minimum absolute atomic E-state index is 0.132. The molecule has 1 rings (SSSR count). The monoisotopic (exact) mass is 299 g/mol. The lowest BCUT2D eigenvalue weighted by atomic mass is 10.2. The smallest absolute Gasteiger partial charge is 0.250 e. The summed E-state index contributed by atoms with van der Waals surface area (Å²) in [5.74, 6) is 0.250. The minimum atomic E-state index is -0.968. The van der Waals surface area contributed by atoms with Crippen molar-refractivity contribution < 1.29 is 9.00 Å². The van der Waals surface area contributed by atoms with Crippen molar-refractivity contribution in [2.75, 3.05) is 11.6 Å². The molecule has 5 heteroatoms. The third-order valence-corrected chi connectivity index (χ3v) is 3.62. The van der Waals surface area contributed by atoms with Gasteiger partial charge in [0.1, 0.15) is 0 Å². The van der Waals surface area contributed by atoms with Crippen LogP contribution in [0, 0.1) is 0 Å². The Labute approximate surface area is 121 Å². The second-order valence-electron chi connectivity index (χ2n) is 4.27. The van der Waals surface area contributed by atoms with Gasteiger partial charge in [0, 0.05) is 39.1 Å². The van der Waals surface area contributed by atoms with Gasteiger partial charge in [-0.05, 0) is 37.1 Å². The van der Waals surface area contributed by atoms with Crippen molar-refractivity contribution in [2.24, 2.45) is 0 Å². The van der Waals surface area contributed by atoms with Gasteiger partial charge in [0.2, 0.25) is 0 Å². The normalized spacial score (nSPS) is 13.2. The molecule has 0 fully saturated rings. The molecule has 0 radical (unpaired) electrons. The highest BCUT2D eigenvalue weighted by Crippen LogP contribution is 2.22. The van der Waals surface area contributed by atoms with Crippen LogP contribution in [-0.2, 0) is 21.3 Å². The number of carbonyl (C=O) groups is 1. The van der Waals surface area contributed by atoms with E-state index in [9.17, 15) is 9.00 Å². The topological polar surface area (TPSA) is 46.2 Å². The molecule has 1 aromatic carbocycles. The zero-order valence-corrected chi connectivity index (χ0v) is 12.9. The molecule has 0 aliphatic carbocycles. The van der Waals surface area contributed by atoms with Gasteiger partial charge in [-0.15, -0.1) is 0 Å². The van der Waals surface area contributed by atoms with E-state index >= 15 is 0 Å². The van der Waals surface area contributed by atoms with Crippen LogP contribution in [0.5, 0.6) is 0 Å². The van der Waals surface area contributed by atoms with Gasteiger partial charge in [-0.1, -0.05) is 24.6 Å². The van der Waals surface area contributed by atoms with Crippen molar-refractivity contribution in [3.63, 3.8) is 0 Å². The van der Waals surface area contributed by atoms with Gasteiger partial charge in [-0.3, -0.25) is 9.00 Å². The predicted molar refractivity (Wildman–Crippen MR) is 81.9 cm³/mol. The highest BCUT2D eigenvalue weighted by Gasteiger charge is 2.08. The number of hydrogen-bond acceptors (Lipinski definition) is 2. The molecule has 0 aliphatic rings. The fourth-order valence-corrected chi connectivity index (χ4v) is 2.55. The second-order valence-corrected chi connectivity index (χ2v) is 6.12. The van der Waals surface area contributed by atoms with Crippen LogP contribution in [-0.4, -0.2) is 16.4 Å². The number of anilines is 1. The molecule has 19 heavy (non-hydrogen) atoms. The first-order chi connectivity index (χ1) is 8.93. The number of rotatable bonds is 5. The average molecular weight is 300 g/mol. The summed E-state index contributed by atoms with van der Waals surface area (Å²) in [6.07, 6.45) is 4.31. The fourth-order valence-electron chi connectivity index (χ4n) is 1.61. The molecule has 0 heterocycles. The molecule has 1 atom stereocenters. The van der Waals surface area contributed by atoms with Crippen molar-refractivity contribution in [3.05, 3.63) is 40.4 Å². The van der Waals surface area contributed by atoms with Crippen LogP contribution in [0.2, 0.25) is 5.02 Å². The average Bonchev–Trinajstić information content (AvgIpc) is 2.33. The molecule has 0 saturated heterocycles. The van der Waals surface area contributed by atoms with E-state index < -0.39 is 10.8 Å². The van der Waals surface area contributed by atoms with Crippen LogP contribution in [0.3, 0.4) is 0 Å².